The Balaban J connectivity index is 1.69. The van der Waals surface area contributed by atoms with Crippen LogP contribution in [0.25, 0.3) is 0 Å². The molecule has 2 aliphatic carbocycles. The molecule has 3 fully saturated rings. The van der Waals surface area contributed by atoms with Crippen LogP contribution in [0.5, 0.6) is 0 Å². The highest BCUT2D eigenvalue weighted by atomic mass is 32.2. The van der Waals surface area contributed by atoms with Crippen LogP contribution < -0.4 is 5.32 Å². The topological polar surface area (TPSA) is 98.8 Å². The van der Waals surface area contributed by atoms with E-state index in [-0.39, 0.29) is 29.6 Å². The van der Waals surface area contributed by atoms with Gasteiger partial charge in [-0.2, -0.15) is 8.42 Å². The molecule has 0 aromatic rings. The van der Waals surface area contributed by atoms with Gasteiger partial charge in [0.25, 0.3) is 10.1 Å². The number of fused-ring (bicyclic) bond motifs is 1. The van der Waals surface area contributed by atoms with Crippen molar-refractivity contribution in [2.24, 2.45) is 11.3 Å². The van der Waals surface area contributed by atoms with Crippen molar-refractivity contribution in [2.75, 3.05) is 6.54 Å². The zero-order valence-corrected chi connectivity index (χ0v) is 13.3. The van der Waals surface area contributed by atoms with Gasteiger partial charge in [0.1, 0.15) is 17.9 Å². The van der Waals surface area contributed by atoms with Gasteiger partial charge in [-0.3, -0.25) is 13.8 Å². The number of hydrogen-bond donors (Lipinski definition) is 1. The van der Waals surface area contributed by atoms with Crippen LogP contribution in [0.3, 0.4) is 0 Å². The van der Waals surface area contributed by atoms with Crippen LogP contribution in [0, 0.1) is 11.3 Å². The SMILES string of the molecule is C=C(C)C(=O)NCC(=O)OC1C2C3CC1(C)CC3OS2(=O)=O. The van der Waals surface area contributed by atoms with Crippen LogP contribution in [0.15, 0.2) is 12.2 Å². The third-order valence-corrected chi connectivity index (χ3v) is 6.66. The minimum atomic E-state index is -3.69. The largest absolute Gasteiger partial charge is 0.459 e. The van der Waals surface area contributed by atoms with Crippen molar-refractivity contribution in [1.29, 1.82) is 0 Å². The molecule has 1 heterocycles. The molecule has 5 unspecified atom stereocenters. The van der Waals surface area contributed by atoms with Gasteiger partial charge in [-0.15, -0.1) is 0 Å². The third kappa shape index (κ3) is 2.25. The Labute approximate surface area is 129 Å². The number of ether oxygens (including phenoxy) is 1. The van der Waals surface area contributed by atoms with Crippen LogP contribution in [0.1, 0.15) is 26.7 Å². The highest BCUT2D eigenvalue weighted by molar-refractivity contribution is 7.87. The summed E-state index contributed by atoms with van der Waals surface area (Å²) in [6, 6.07) is 0. The maximum atomic E-state index is 12.1. The van der Waals surface area contributed by atoms with Gasteiger partial charge in [-0.1, -0.05) is 13.5 Å². The van der Waals surface area contributed by atoms with Crippen LogP contribution in [-0.2, 0) is 28.6 Å². The highest BCUT2D eigenvalue weighted by Crippen LogP contribution is 2.62. The molecule has 1 aliphatic heterocycles. The smallest absolute Gasteiger partial charge is 0.325 e. The summed E-state index contributed by atoms with van der Waals surface area (Å²) < 4.78 is 34.7. The fourth-order valence-electron chi connectivity index (χ4n) is 3.95. The molecule has 0 radical (unpaired) electrons. The van der Waals surface area contributed by atoms with Gasteiger partial charge in [-0.25, -0.2) is 0 Å². The first-order valence-corrected chi connectivity index (χ1v) is 8.66. The maximum absolute atomic E-state index is 12.1. The summed E-state index contributed by atoms with van der Waals surface area (Å²) in [6.45, 7) is 6.62. The van der Waals surface area contributed by atoms with Gasteiger partial charge >= 0.3 is 5.97 Å². The molecule has 2 saturated carbocycles. The van der Waals surface area contributed by atoms with Crippen molar-refractivity contribution in [3.63, 3.8) is 0 Å². The average molecular weight is 329 g/mol. The zero-order valence-electron chi connectivity index (χ0n) is 12.5. The van der Waals surface area contributed by atoms with E-state index in [2.05, 4.69) is 11.9 Å². The molecule has 1 amide bonds. The molecule has 7 nitrogen and oxygen atoms in total. The Morgan fingerprint density at radius 3 is 2.73 bits per heavy atom. The molecule has 8 heteroatoms. The van der Waals surface area contributed by atoms with Gasteiger partial charge < -0.3 is 10.1 Å². The lowest BCUT2D eigenvalue weighted by molar-refractivity contribution is -0.154. The van der Waals surface area contributed by atoms with E-state index in [1.165, 1.54) is 6.92 Å². The summed E-state index contributed by atoms with van der Waals surface area (Å²) in [6.07, 6.45) is 0.259. The maximum Gasteiger partial charge on any atom is 0.325 e. The third-order valence-electron chi connectivity index (χ3n) is 4.88. The summed E-state index contributed by atoms with van der Waals surface area (Å²) in [5.41, 5.74) is -0.0910. The molecule has 0 spiro atoms. The van der Waals surface area contributed by atoms with E-state index in [4.69, 9.17) is 8.92 Å². The normalized spacial score (nSPS) is 40.5. The Bertz CT molecular complexity index is 652. The van der Waals surface area contributed by atoms with Gasteiger partial charge in [0.05, 0.1) is 6.10 Å². The van der Waals surface area contributed by atoms with E-state index in [1.54, 1.807) is 0 Å². The molecule has 22 heavy (non-hydrogen) atoms. The Morgan fingerprint density at radius 1 is 1.41 bits per heavy atom. The first-order valence-electron chi connectivity index (χ1n) is 7.19. The summed E-state index contributed by atoms with van der Waals surface area (Å²) in [7, 11) is -3.69. The Hall–Kier alpha value is -1.41. The lowest BCUT2D eigenvalue weighted by atomic mass is 9.82. The van der Waals surface area contributed by atoms with E-state index in [9.17, 15) is 18.0 Å². The number of amides is 1. The fraction of sp³-hybridized carbons (Fsp3) is 0.714. The minimum absolute atomic E-state index is 0.0992. The van der Waals surface area contributed by atoms with Crippen LogP contribution in [0.4, 0.5) is 0 Å². The standard InChI is InChI=1S/C14H19NO6S/c1-7(2)13(17)15-6-10(16)20-12-11-8-4-14(12,3)5-9(8)21-22(11,18)19/h8-9,11-12H,1,4-6H2,2-3H3,(H,15,17). The zero-order chi connectivity index (χ0) is 16.3. The van der Waals surface area contributed by atoms with Gasteiger partial charge in [0.2, 0.25) is 5.91 Å². The second kappa shape index (κ2) is 4.79. The molecule has 1 saturated heterocycles. The van der Waals surface area contributed by atoms with Gasteiger partial charge in [-0.05, 0) is 19.8 Å². The molecule has 122 valence electrons. The lowest BCUT2D eigenvalue weighted by Crippen LogP contribution is -2.45. The van der Waals surface area contributed by atoms with Crippen molar-refractivity contribution >= 4 is 22.0 Å². The number of nitrogens with one attached hydrogen (secondary N) is 1. The number of carbonyl (C=O) groups is 2. The van der Waals surface area contributed by atoms with Crippen molar-refractivity contribution in [3.8, 4) is 0 Å². The van der Waals surface area contributed by atoms with Crippen molar-refractivity contribution in [2.45, 2.75) is 44.1 Å². The van der Waals surface area contributed by atoms with Crippen LogP contribution in [-0.4, -0.2) is 44.3 Å². The fourth-order valence-corrected chi connectivity index (χ4v) is 6.02. The molecule has 2 bridgehead atoms. The lowest BCUT2D eigenvalue weighted by Gasteiger charge is -2.32. The average Bonchev–Trinajstić information content (AvgIpc) is 2.91. The second-order valence-electron chi connectivity index (χ2n) is 6.69. The quantitative estimate of drug-likeness (QED) is 0.447. The Morgan fingerprint density at radius 2 is 2.09 bits per heavy atom. The Kier molecular flexibility index (Phi) is 3.37. The molecule has 3 aliphatic rings. The van der Waals surface area contributed by atoms with Crippen LogP contribution in [0.2, 0.25) is 0 Å². The summed E-state index contributed by atoms with van der Waals surface area (Å²) >= 11 is 0. The molecule has 5 atom stereocenters. The molecule has 0 aromatic carbocycles. The predicted octanol–water partition coefficient (Wildman–Crippen LogP) is 0.118. The highest BCUT2D eigenvalue weighted by Gasteiger charge is 2.70. The van der Waals surface area contributed by atoms with E-state index >= 15 is 0 Å². The first-order chi connectivity index (χ1) is 10.1. The molecule has 0 aromatic heterocycles. The monoisotopic (exact) mass is 329 g/mol. The van der Waals surface area contributed by atoms with E-state index in [1.807, 2.05) is 6.92 Å². The summed E-state index contributed by atoms with van der Waals surface area (Å²) in [5, 5.41) is 1.60. The minimum Gasteiger partial charge on any atom is -0.459 e. The van der Waals surface area contributed by atoms with Crippen molar-refractivity contribution in [3.05, 3.63) is 12.2 Å². The number of hydrogen-bond acceptors (Lipinski definition) is 6. The summed E-state index contributed by atoms with van der Waals surface area (Å²) in [4.78, 5) is 23.3. The van der Waals surface area contributed by atoms with Gasteiger partial charge in [0, 0.05) is 16.9 Å². The van der Waals surface area contributed by atoms with E-state index in [0.29, 0.717) is 12.8 Å². The summed E-state index contributed by atoms with van der Waals surface area (Å²) in [5.74, 6) is -1.18. The van der Waals surface area contributed by atoms with Crippen LogP contribution >= 0.6 is 0 Å². The number of esters is 1. The molecular formula is C14H19NO6S. The van der Waals surface area contributed by atoms with Crippen molar-refractivity contribution in [1.82, 2.24) is 5.32 Å². The molecule has 3 rings (SSSR count). The molecular weight excluding hydrogens is 310 g/mol. The predicted molar refractivity (Wildman–Crippen MR) is 76.1 cm³/mol. The first kappa shape index (κ1) is 15.5. The van der Waals surface area contributed by atoms with E-state index < -0.39 is 33.3 Å². The van der Waals surface area contributed by atoms with Crippen molar-refractivity contribution < 1.29 is 26.9 Å². The number of rotatable bonds is 4. The number of carbonyl (C=O) groups excluding carboxylic acids is 2. The second-order valence-corrected chi connectivity index (χ2v) is 8.41. The van der Waals surface area contributed by atoms with Gasteiger partial charge in [0.15, 0.2) is 0 Å². The van der Waals surface area contributed by atoms with E-state index in [0.717, 1.165) is 0 Å². The molecule has 1 N–H and O–H groups in total.